The highest BCUT2D eigenvalue weighted by Crippen LogP contribution is 2.53. The van der Waals surface area contributed by atoms with E-state index in [0.717, 1.165) is 50.5 Å². The first-order chi connectivity index (χ1) is 14.6. The molecule has 2 aliphatic heterocycles. The standard InChI is InChI=1S/C19H27NO4.C5H5N/c1-20-9-8-18(14-4-5-15(21-2)16(12-14)22-3)6-7-19(13-17(18)20)23-10-11-24-19;1-2-4-6-5-3-1/h4-5,12,17H,6-11,13H2,1-3H3;1-5H. The zero-order valence-electron chi connectivity index (χ0n) is 18.2. The maximum Gasteiger partial charge on any atom is 0.170 e. The monoisotopic (exact) mass is 412 g/mol. The van der Waals surface area contributed by atoms with Crippen LogP contribution in [0.3, 0.4) is 0 Å². The fraction of sp³-hybridized carbons (Fsp3) is 0.542. The quantitative estimate of drug-likeness (QED) is 0.767. The van der Waals surface area contributed by atoms with Crippen LogP contribution in [-0.2, 0) is 14.9 Å². The van der Waals surface area contributed by atoms with Crippen molar-refractivity contribution >= 4 is 0 Å². The Bertz CT molecular complexity index is 799. The minimum absolute atomic E-state index is 0.148. The molecule has 3 fully saturated rings. The molecule has 1 aliphatic carbocycles. The van der Waals surface area contributed by atoms with Crippen LogP contribution in [0.4, 0.5) is 0 Å². The molecule has 1 saturated carbocycles. The average Bonchev–Trinajstić information content (AvgIpc) is 3.40. The molecule has 2 saturated heterocycles. The average molecular weight is 413 g/mol. The SMILES string of the molecule is COc1ccc(C23CCN(C)C2CC2(CC3)OCCO2)cc1OC.c1ccncc1. The van der Waals surface area contributed by atoms with E-state index in [2.05, 4.69) is 29.1 Å². The first-order valence-corrected chi connectivity index (χ1v) is 10.7. The molecule has 2 unspecified atom stereocenters. The number of methoxy groups -OCH3 is 2. The normalized spacial score (nSPS) is 27.2. The van der Waals surface area contributed by atoms with Crippen LogP contribution in [0.15, 0.2) is 48.8 Å². The van der Waals surface area contributed by atoms with Crippen molar-refractivity contribution in [1.82, 2.24) is 9.88 Å². The van der Waals surface area contributed by atoms with Crippen molar-refractivity contribution in [3.05, 3.63) is 54.4 Å². The number of benzene rings is 1. The van der Waals surface area contributed by atoms with Gasteiger partial charge in [-0.1, -0.05) is 12.1 Å². The van der Waals surface area contributed by atoms with E-state index in [0.29, 0.717) is 6.04 Å². The Kier molecular flexibility index (Phi) is 6.27. The lowest BCUT2D eigenvalue weighted by molar-refractivity contribution is -0.194. The van der Waals surface area contributed by atoms with E-state index in [4.69, 9.17) is 18.9 Å². The minimum atomic E-state index is -0.358. The molecule has 3 heterocycles. The van der Waals surface area contributed by atoms with Crippen molar-refractivity contribution in [3.63, 3.8) is 0 Å². The van der Waals surface area contributed by atoms with Gasteiger partial charge in [-0.25, -0.2) is 0 Å². The van der Waals surface area contributed by atoms with Gasteiger partial charge in [-0.2, -0.15) is 0 Å². The molecule has 6 nitrogen and oxygen atoms in total. The van der Waals surface area contributed by atoms with Gasteiger partial charge < -0.3 is 23.8 Å². The molecule has 0 bridgehead atoms. The van der Waals surface area contributed by atoms with Crippen LogP contribution >= 0.6 is 0 Å². The third-order valence-corrected chi connectivity index (χ3v) is 6.88. The van der Waals surface area contributed by atoms with Crippen LogP contribution in [0.25, 0.3) is 0 Å². The van der Waals surface area contributed by atoms with Crippen molar-refractivity contribution < 1.29 is 18.9 Å². The van der Waals surface area contributed by atoms with Gasteiger partial charge in [0.1, 0.15) is 0 Å². The first-order valence-electron chi connectivity index (χ1n) is 10.7. The molecule has 1 spiro atoms. The lowest BCUT2D eigenvalue weighted by Gasteiger charge is -2.47. The van der Waals surface area contributed by atoms with Crippen LogP contribution in [0.5, 0.6) is 11.5 Å². The Morgan fingerprint density at radius 2 is 1.70 bits per heavy atom. The number of likely N-dealkylation sites (tertiary alicyclic amines) is 1. The number of likely N-dealkylation sites (N-methyl/N-ethyl adjacent to an activating group) is 1. The van der Waals surface area contributed by atoms with Crippen molar-refractivity contribution in [3.8, 4) is 11.5 Å². The van der Waals surface area contributed by atoms with E-state index in [1.165, 1.54) is 12.0 Å². The predicted molar refractivity (Wildman–Crippen MR) is 115 cm³/mol. The third-order valence-electron chi connectivity index (χ3n) is 6.88. The first kappa shape index (κ1) is 21.1. The van der Waals surface area contributed by atoms with E-state index < -0.39 is 0 Å². The summed E-state index contributed by atoms with van der Waals surface area (Å²) in [5.74, 6) is 1.24. The Morgan fingerprint density at radius 3 is 2.30 bits per heavy atom. The summed E-state index contributed by atoms with van der Waals surface area (Å²) >= 11 is 0. The predicted octanol–water partition coefficient (Wildman–Crippen LogP) is 3.65. The highest BCUT2D eigenvalue weighted by atomic mass is 16.7. The number of nitrogens with zero attached hydrogens (tertiary/aromatic N) is 2. The van der Waals surface area contributed by atoms with Crippen LogP contribution in [-0.4, -0.2) is 62.7 Å². The van der Waals surface area contributed by atoms with Crippen molar-refractivity contribution in [2.75, 3.05) is 41.0 Å². The summed E-state index contributed by atoms with van der Waals surface area (Å²) in [4.78, 5) is 6.26. The van der Waals surface area contributed by atoms with Gasteiger partial charge in [-0.3, -0.25) is 4.98 Å². The van der Waals surface area contributed by atoms with E-state index in [-0.39, 0.29) is 11.2 Å². The molecule has 0 amide bonds. The molecule has 5 rings (SSSR count). The van der Waals surface area contributed by atoms with Gasteiger partial charge in [0.25, 0.3) is 0 Å². The maximum absolute atomic E-state index is 6.01. The summed E-state index contributed by atoms with van der Waals surface area (Å²) in [5, 5.41) is 0. The van der Waals surface area contributed by atoms with Gasteiger partial charge in [0.15, 0.2) is 17.3 Å². The zero-order chi connectivity index (χ0) is 21.0. The van der Waals surface area contributed by atoms with Gasteiger partial charge in [0.05, 0.1) is 27.4 Å². The molecule has 30 heavy (non-hydrogen) atoms. The summed E-state index contributed by atoms with van der Waals surface area (Å²) in [6, 6.07) is 12.6. The van der Waals surface area contributed by atoms with Gasteiger partial charge in [-0.15, -0.1) is 0 Å². The molecule has 2 aromatic rings. The van der Waals surface area contributed by atoms with Crippen molar-refractivity contribution in [1.29, 1.82) is 0 Å². The fourth-order valence-corrected chi connectivity index (χ4v) is 5.27. The smallest absolute Gasteiger partial charge is 0.170 e. The second kappa shape index (κ2) is 8.92. The lowest BCUT2D eigenvalue weighted by atomic mass is 9.64. The summed E-state index contributed by atoms with van der Waals surface area (Å²) in [5.41, 5.74) is 1.50. The summed E-state index contributed by atoms with van der Waals surface area (Å²) < 4.78 is 23.0. The van der Waals surface area contributed by atoms with E-state index in [9.17, 15) is 0 Å². The van der Waals surface area contributed by atoms with E-state index >= 15 is 0 Å². The zero-order valence-corrected chi connectivity index (χ0v) is 18.2. The van der Waals surface area contributed by atoms with Gasteiger partial charge in [-0.05, 0) is 56.3 Å². The molecule has 0 radical (unpaired) electrons. The molecule has 1 aromatic carbocycles. The summed E-state index contributed by atoms with van der Waals surface area (Å²) in [6.07, 6.45) is 7.65. The molecule has 3 aliphatic rings. The molecule has 2 atom stereocenters. The van der Waals surface area contributed by atoms with Gasteiger partial charge in [0, 0.05) is 36.7 Å². The Labute approximate surface area is 179 Å². The van der Waals surface area contributed by atoms with Crippen LogP contribution in [0.1, 0.15) is 31.2 Å². The Morgan fingerprint density at radius 1 is 0.967 bits per heavy atom. The number of fused-ring (bicyclic) bond motifs is 1. The molecule has 6 heteroatoms. The van der Waals surface area contributed by atoms with Crippen molar-refractivity contribution in [2.24, 2.45) is 0 Å². The molecule has 1 aromatic heterocycles. The third kappa shape index (κ3) is 3.92. The summed E-state index contributed by atoms with van der Waals surface area (Å²) in [7, 11) is 5.61. The second-order valence-electron chi connectivity index (χ2n) is 8.31. The molecule has 0 N–H and O–H groups in total. The van der Waals surface area contributed by atoms with Crippen molar-refractivity contribution in [2.45, 2.75) is 42.9 Å². The van der Waals surface area contributed by atoms with Gasteiger partial charge >= 0.3 is 0 Å². The highest BCUT2D eigenvalue weighted by molar-refractivity contribution is 5.46. The molecular formula is C24H32N2O4. The second-order valence-corrected chi connectivity index (χ2v) is 8.31. The molecule has 162 valence electrons. The van der Waals surface area contributed by atoms with Crippen LogP contribution in [0, 0.1) is 0 Å². The Balaban J connectivity index is 0.000000313. The number of rotatable bonds is 3. The maximum atomic E-state index is 6.01. The van der Waals surface area contributed by atoms with E-state index in [1.54, 1.807) is 26.6 Å². The largest absolute Gasteiger partial charge is 0.493 e. The number of hydrogen-bond acceptors (Lipinski definition) is 6. The van der Waals surface area contributed by atoms with Gasteiger partial charge in [0.2, 0.25) is 0 Å². The van der Waals surface area contributed by atoms with E-state index in [1.807, 2.05) is 24.3 Å². The number of pyridine rings is 1. The number of ether oxygens (including phenoxy) is 4. The van der Waals surface area contributed by atoms with Crippen LogP contribution < -0.4 is 9.47 Å². The number of hydrogen-bond donors (Lipinski definition) is 0. The Hall–Kier alpha value is -2.15. The number of aromatic nitrogens is 1. The fourth-order valence-electron chi connectivity index (χ4n) is 5.27. The molecular weight excluding hydrogens is 380 g/mol. The summed E-state index contributed by atoms with van der Waals surface area (Å²) in [6.45, 7) is 2.55. The lowest BCUT2D eigenvalue weighted by Crippen LogP contribution is -2.52. The topological polar surface area (TPSA) is 53.1 Å². The minimum Gasteiger partial charge on any atom is -0.493 e. The van der Waals surface area contributed by atoms with Crippen LogP contribution in [0.2, 0.25) is 0 Å². The highest BCUT2D eigenvalue weighted by Gasteiger charge is 2.56.